The molecule has 2 fully saturated rings. The Bertz CT molecular complexity index is 1220. The van der Waals surface area contributed by atoms with Crippen LogP contribution < -0.4 is 18.9 Å². The first-order valence-corrected chi connectivity index (χ1v) is 13.1. The van der Waals surface area contributed by atoms with Gasteiger partial charge in [0.25, 0.3) is 0 Å². The summed E-state index contributed by atoms with van der Waals surface area (Å²) in [7, 11) is 4.79. The minimum atomic E-state index is -0.229. The molecule has 0 amide bonds. The Kier molecular flexibility index (Phi) is 5.54. The lowest BCUT2D eigenvalue weighted by Crippen LogP contribution is -2.42. The van der Waals surface area contributed by atoms with Crippen LogP contribution in [0.5, 0.6) is 23.0 Å². The van der Waals surface area contributed by atoms with Gasteiger partial charge in [0.2, 0.25) is 5.75 Å². The number of esters is 1. The summed E-state index contributed by atoms with van der Waals surface area (Å²) in [5, 5.41) is 0. The Morgan fingerprint density at radius 1 is 0.889 bits per heavy atom. The SMILES string of the molecule is COc1cc(C2CC(=O)Oc3cc4c(cc32)[C@H]2CC[C@]3(C)C(=O)CC[C@H]3[C@@H]2CC4)cc(OC)c1OC. The Hall–Kier alpha value is -3.02. The molecule has 0 saturated heterocycles. The quantitative estimate of drug-likeness (QED) is 0.412. The van der Waals surface area contributed by atoms with Crippen LogP contribution in [0.2, 0.25) is 0 Å². The van der Waals surface area contributed by atoms with Crippen molar-refractivity contribution in [2.75, 3.05) is 21.3 Å². The molecule has 6 rings (SSSR count). The molecule has 1 aliphatic heterocycles. The first-order chi connectivity index (χ1) is 17.4. The molecule has 5 atom stereocenters. The van der Waals surface area contributed by atoms with Crippen LogP contribution >= 0.6 is 0 Å². The Morgan fingerprint density at radius 3 is 2.33 bits per heavy atom. The average molecular weight is 491 g/mol. The summed E-state index contributed by atoms with van der Waals surface area (Å²) in [6.45, 7) is 2.21. The van der Waals surface area contributed by atoms with Gasteiger partial charge in [-0.05, 0) is 84.7 Å². The number of Topliss-reactive ketones (excluding diaryl/α,β-unsaturated/α-hetero) is 1. The normalized spacial score (nSPS) is 30.4. The molecule has 3 aliphatic carbocycles. The van der Waals surface area contributed by atoms with E-state index in [0.717, 1.165) is 49.7 Å². The molecule has 2 saturated carbocycles. The number of ketones is 1. The summed E-state index contributed by atoms with van der Waals surface area (Å²) in [5.74, 6) is 3.91. The molecule has 0 bridgehead atoms. The zero-order valence-electron chi connectivity index (χ0n) is 21.5. The molecule has 0 spiro atoms. The number of methoxy groups -OCH3 is 3. The third kappa shape index (κ3) is 3.36. The second-order valence-electron chi connectivity index (χ2n) is 11.1. The molecule has 36 heavy (non-hydrogen) atoms. The summed E-state index contributed by atoms with van der Waals surface area (Å²) >= 11 is 0. The molecule has 1 unspecified atom stereocenters. The maximum atomic E-state index is 12.7. The van der Waals surface area contributed by atoms with Crippen LogP contribution in [0.4, 0.5) is 0 Å². The van der Waals surface area contributed by atoms with Crippen molar-refractivity contribution in [3.8, 4) is 23.0 Å². The number of hydrogen-bond donors (Lipinski definition) is 0. The van der Waals surface area contributed by atoms with E-state index in [1.807, 2.05) is 12.1 Å². The maximum Gasteiger partial charge on any atom is 0.312 e. The molecule has 0 radical (unpaired) electrons. The van der Waals surface area contributed by atoms with Gasteiger partial charge in [-0.25, -0.2) is 0 Å². The maximum absolute atomic E-state index is 12.7. The highest BCUT2D eigenvalue weighted by Gasteiger charge is 2.54. The van der Waals surface area contributed by atoms with Gasteiger partial charge in [-0.15, -0.1) is 0 Å². The lowest BCUT2D eigenvalue weighted by molar-refractivity contribution is -0.135. The lowest BCUT2D eigenvalue weighted by atomic mass is 9.55. The molecule has 6 nitrogen and oxygen atoms in total. The molecule has 1 heterocycles. The molecule has 4 aliphatic rings. The summed E-state index contributed by atoms with van der Waals surface area (Å²) in [6.07, 6.45) is 6.12. The van der Waals surface area contributed by atoms with Crippen LogP contribution in [0.3, 0.4) is 0 Å². The zero-order chi connectivity index (χ0) is 25.2. The first-order valence-electron chi connectivity index (χ1n) is 13.1. The van der Waals surface area contributed by atoms with E-state index in [0.29, 0.717) is 46.5 Å². The van der Waals surface area contributed by atoms with E-state index in [1.165, 1.54) is 11.1 Å². The number of ether oxygens (including phenoxy) is 4. The minimum Gasteiger partial charge on any atom is -0.493 e. The summed E-state index contributed by atoms with van der Waals surface area (Å²) < 4.78 is 22.5. The lowest BCUT2D eigenvalue weighted by Gasteiger charge is -2.48. The summed E-state index contributed by atoms with van der Waals surface area (Å²) in [4.78, 5) is 25.4. The number of carbonyl (C=O) groups excluding carboxylic acids is 2. The van der Waals surface area contributed by atoms with Crippen molar-refractivity contribution < 1.29 is 28.5 Å². The number of hydrogen-bond acceptors (Lipinski definition) is 6. The Balaban J connectivity index is 1.43. The molecule has 190 valence electrons. The van der Waals surface area contributed by atoms with E-state index in [9.17, 15) is 9.59 Å². The van der Waals surface area contributed by atoms with E-state index >= 15 is 0 Å². The minimum absolute atomic E-state index is 0.138. The highest BCUT2D eigenvalue weighted by Crippen LogP contribution is 2.60. The average Bonchev–Trinajstić information content (AvgIpc) is 3.20. The Labute approximate surface area is 212 Å². The van der Waals surface area contributed by atoms with Gasteiger partial charge < -0.3 is 18.9 Å². The zero-order valence-corrected chi connectivity index (χ0v) is 21.5. The van der Waals surface area contributed by atoms with Gasteiger partial charge in [0.1, 0.15) is 11.5 Å². The third-order valence-electron chi connectivity index (χ3n) is 9.62. The van der Waals surface area contributed by atoms with Gasteiger partial charge >= 0.3 is 5.97 Å². The van der Waals surface area contributed by atoms with E-state index in [1.54, 1.807) is 21.3 Å². The van der Waals surface area contributed by atoms with Crippen LogP contribution in [0.15, 0.2) is 24.3 Å². The van der Waals surface area contributed by atoms with E-state index < -0.39 is 0 Å². The van der Waals surface area contributed by atoms with Crippen molar-refractivity contribution in [2.24, 2.45) is 17.3 Å². The van der Waals surface area contributed by atoms with Crippen molar-refractivity contribution in [2.45, 2.75) is 63.7 Å². The molecular formula is C30H34O6. The fraction of sp³-hybridized carbons (Fsp3) is 0.533. The van der Waals surface area contributed by atoms with Gasteiger partial charge in [0.15, 0.2) is 11.5 Å². The Morgan fingerprint density at radius 2 is 1.64 bits per heavy atom. The van der Waals surface area contributed by atoms with Crippen LogP contribution in [-0.4, -0.2) is 33.1 Å². The molecule has 2 aromatic carbocycles. The molecule has 6 heteroatoms. The van der Waals surface area contributed by atoms with Crippen molar-refractivity contribution in [3.05, 3.63) is 46.5 Å². The van der Waals surface area contributed by atoms with Crippen LogP contribution in [-0.2, 0) is 16.0 Å². The van der Waals surface area contributed by atoms with E-state index in [4.69, 9.17) is 18.9 Å². The fourth-order valence-corrected chi connectivity index (χ4v) is 7.79. The fourth-order valence-electron chi connectivity index (χ4n) is 7.79. The van der Waals surface area contributed by atoms with Crippen molar-refractivity contribution in [3.63, 3.8) is 0 Å². The predicted octanol–water partition coefficient (Wildman–Crippen LogP) is 5.58. The standard InChI is InChI=1S/C30H34O6/c1-30-10-9-18-19(23(30)7-8-27(30)31)6-5-16-11-24-22(14-20(16)18)21(15-28(32)36-24)17-12-25(33-2)29(35-4)26(13-17)34-3/h11-14,18-19,21,23H,5-10,15H2,1-4H3/t18-,19+,21?,23-,30-/m0/s1. The third-order valence-corrected chi connectivity index (χ3v) is 9.62. The first kappa shape index (κ1) is 23.4. The van der Waals surface area contributed by atoms with E-state index in [-0.39, 0.29) is 23.7 Å². The highest BCUT2D eigenvalue weighted by molar-refractivity contribution is 5.87. The predicted molar refractivity (Wildman–Crippen MR) is 134 cm³/mol. The highest BCUT2D eigenvalue weighted by atomic mass is 16.5. The number of carbonyl (C=O) groups is 2. The monoisotopic (exact) mass is 490 g/mol. The topological polar surface area (TPSA) is 71.1 Å². The van der Waals surface area contributed by atoms with Crippen LogP contribution in [0.25, 0.3) is 0 Å². The van der Waals surface area contributed by atoms with Crippen molar-refractivity contribution in [1.82, 2.24) is 0 Å². The van der Waals surface area contributed by atoms with Crippen LogP contribution in [0, 0.1) is 17.3 Å². The smallest absolute Gasteiger partial charge is 0.312 e. The number of benzene rings is 2. The number of rotatable bonds is 4. The largest absolute Gasteiger partial charge is 0.493 e. The van der Waals surface area contributed by atoms with Crippen molar-refractivity contribution >= 4 is 11.8 Å². The second-order valence-corrected chi connectivity index (χ2v) is 11.1. The number of aryl methyl sites for hydroxylation is 1. The van der Waals surface area contributed by atoms with Crippen LogP contribution in [0.1, 0.15) is 79.5 Å². The summed E-state index contributed by atoms with van der Waals surface area (Å²) in [5.41, 5.74) is 4.52. The van der Waals surface area contributed by atoms with Gasteiger partial charge in [0.05, 0.1) is 27.8 Å². The molecular weight excluding hydrogens is 456 g/mol. The van der Waals surface area contributed by atoms with Crippen molar-refractivity contribution in [1.29, 1.82) is 0 Å². The van der Waals surface area contributed by atoms with Gasteiger partial charge in [-0.3, -0.25) is 9.59 Å². The molecule has 0 N–H and O–H groups in total. The second kappa shape index (κ2) is 8.53. The van der Waals surface area contributed by atoms with Gasteiger partial charge in [0, 0.05) is 23.3 Å². The van der Waals surface area contributed by atoms with Gasteiger partial charge in [-0.1, -0.05) is 13.0 Å². The van der Waals surface area contributed by atoms with Gasteiger partial charge in [-0.2, -0.15) is 0 Å². The number of fused-ring (bicyclic) bond motifs is 6. The summed E-state index contributed by atoms with van der Waals surface area (Å²) in [6, 6.07) is 8.29. The molecule has 0 aromatic heterocycles. The molecule has 2 aromatic rings. The van der Waals surface area contributed by atoms with E-state index in [2.05, 4.69) is 19.1 Å².